The number of esters is 1. The van der Waals surface area contributed by atoms with Gasteiger partial charge in [-0.05, 0) is 31.5 Å². The molecular weight excluding hydrogens is 383 g/mol. The quantitative estimate of drug-likeness (QED) is 0.438. The molecule has 0 aliphatic rings. The van der Waals surface area contributed by atoms with Gasteiger partial charge in [0.1, 0.15) is 10.8 Å². The third kappa shape index (κ3) is 4.28. The number of rotatable bonds is 5. The largest absolute Gasteiger partial charge is 0.534 e. The first-order chi connectivity index (χ1) is 11.5. The summed E-state index contributed by atoms with van der Waals surface area (Å²) in [7, 11) is -5.77. The van der Waals surface area contributed by atoms with Gasteiger partial charge in [0.25, 0.3) is 0 Å². The summed E-state index contributed by atoms with van der Waals surface area (Å²) in [6.45, 7) is 3.46. The first-order valence-electron chi connectivity index (χ1n) is 6.79. The van der Waals surface area contributed by atoms with Gasteiger partial charge in [0.05, 0.1) is 6.61 Å². The van der Waals surface area contributed by atoms with E-state index in [0.29, 0.717) is 16.1 Å². The number of alkyl halides is 3. The summed E-state index contributed by atoms with van der Waals surface area (Å²) in [5.41, 5.74) is -4.52. The number of aryl methyl sites for hydroxylation is 1. The summed E-state index contributed by atoms with van der Waals surface area (Å²) < 4.78 is 68.4. The predicted molar refractivity (Wildman–Crippen MR) is 83.8 cm³/mol. The molecule has 0 N–H and O–H groups in total. The van der Waals surface area contributed by atoms with Crippen molar-refractivity contribution < 1.29 is 35.3 Å². The zero-order chi connectivity index (χ0) is 18.8. The second-order valence-electron chi connectivity index (χ2n) is 4.72. The fourth-order valence-electron chi connectivity index (χ4n) is 1.75. The van der Waals surface area contributed by atoms with Crippen molar-refractivity contribution in [2.24, 2.45) is 0 Å². The van der Waals surface area contributed by atoms with Gasteiger partial charge in [-0.25, -0.2) is 9.78 Å². The molecule has 6 nitrogen and oxygen atoms in total. The lowest BCUT2D eigenvalue weighted by molar-refractivity contribution is -0.0500. The van der Waals surface area contributed by atoms with Crippen LogP contribution in [0.3, 0.4) is 0 Å². The van der Waals surface area contributed by atoms with Gasteiger partial charge in [-0.2, -0.15) is 21.6 Å². The van der Waals surface area contributed by atoms with Gasteiger partial charge >= 0.3 is 21.6 Å². The Hall–Kier alpha value is -2.14. The molecular formula is C14H12F3NO5S2. The van der Waals surface area contributed by atoms with E-state index in [1.165, 1.54) is 11.4 Å². The Morgan fingerprint density at radius 2 is 2.00 bits per heavy atom. The Labute approximate surface area is 145 Å². The van der Waals surface area contributed by atoms with E-state index >= 15 is 0 Å². The molecule has 2 rings (SSSR count). The van der Waals surface area contributed by atoms with E-state index in [-0.39, 0.29) is 12.3 Å². The molecule has 1 heterocycles. The predicted octanol–water partition coefficient (Wildman–Crippen LogP) is 3.52. The van der Waals surface area contributed by atoms with Crippen molar-refractivity contribution in [3.8, 4) is 16.3 Å². The highest BCUT2D eigenvalue weighted by atomic mass is 32.2. The summed E-state index contributed by atoms with van der Waals surface area (Å²) in [5.74, 6) is -1.14. The molecule has 0 saturated carbocycles. The number of nitrogens with zero attached hydrogens (tertiary/aromatic N) is 1. The van der Waals surface area contributed by atoms with Gasteiger partial charge in [0, 0.05) is 10.9 Å². The van der Waals surface area contributed by atoms with Crippen molar-refractivity contribution in [2.45, 2.75) is 19.4 Å². The molecule has 0 unspecified atom stereocenters. The van der Waals surface area contributed by atoms with Crippen LogP contribution >= 0.6 is 11.3 Å². The summed E-state index contributed by atoms with van der Waals surface area (Å²) >= 11 is 1.06. The average molecular weight is 395 g/mol. The van der Waals surface area contributed by atoms with E-state index in [4.69, 9.17) is 4.74 Å². The number of halogens is 3. The van der Waals surface area contributed by atoms with Crippen molar-refractivity contribution in [2.75, 3.05) is 6.61 Å². The lowest BCUT2D eigenvalue weighted by Gasteiger charge is -2.11. The molecule has 0 spiro atoms. The zero-order valence-corrected chi connectivity index (χ0v) is 14.6. The minimum Gasteiger partial charge on any atom is -0.461 e. The molecule has 0 atom stereocenters. The first kappa shape index (κ1) is 19.2. The molecule has 0 aliphatic carbocycles. The van der Waals surface area contributed by atoms with Gasteiger partial charge in [-0.3, -0.25) is 0 Å². The highest BCUT2D eigenvalue weighted by Crippen LogP contribution is 2.33. The van der Waals surface area contributed by atoms with Gasteiger partial charge in [-0.1, -0.05) is 6.07 Å². The third-order valence-electron chi connectivity index (χ3n) is 2.92. The van der Waals surface area contributed by atoms with Crippen molar-refractivity contribution in [1.82, 2.24) is 4.98 Å². The molecule has 25 heavy (non-hydrogen) atoms. The molecule has 136 valence electrons. The summed E-state index contributed by atoms with van der Waals surface area (Å²) in [5, 5.41) is 1.75. The maximum Gasteiger partial charge on any atom is 0.534 e. The fraction of sp³-hybridized carbons (Fsp3) is 0.286. The molecule has 0 aliphatic heterocycles. The maximum absolute atomic E-state index is 12.4. The monoisotopic (exact) mass is 395 g/mol. The summed E-state index contributed by atoms with van der Waals surface area (Å²) in [6, 6.07) is 3.61. The van der Waals surface area contributed by atoms with Crippen molar-refractivity contribution in [3.63, 3.8) is 0 Å². The summed E-state index contributed by atoms with van der Waals surface area (Å²) in [6.07, 6.45) is 0. The van der Waals surface area contributed by atoms with Crippen LogP contribution in [0.5, 0.6) is 5.75 Å². The minimum absolute atomic E-state index is 0.0514. The van der Waals surface area contributed by atoms with Crippen LogP contribution in [0.1, 0.15) is 23.0 Å². The first-order valence-corrected chi connectivity index (χ1v) is 9.08. The third-order valence-corrected chi connectivity index (χ3v) is 4.77. The highest BCUT2D eigenvalue weighted by molar-refractivity contribution is 7.88. The number of benzene rings is 1. The standard InChI is InChI=1S/C14H12F3NO5S2/c1-3-22-13(19)11-7-24-12(18-11)10-6-9(5-4-8(10)2)23-25(20,21)14(15,16)17/h4-7H,3H2,1-2H3. The van der Waals surface area contributed by atoms with E-state index in [9.17, 15) is 26.4 Å². The van der Waals surface area contributed by atoms with Crippen LogP contribution < -0.4 is 4.18 Å². The lowest BCUT2D eigenvalue weighted by atomic mass is 10.1. The molecule has 2 aromatic rings. The lowest BCUT2D eigenvalue weighted by Crippen LogP contribution is -2.28. The SMILES string of the molecule is CCOC(=O)c1csc(-c2cc(OS(=O)(=O)C(F)(F)F)ccc2C)n1. The molecule has 1 aromatic heterocycles. The van der Waals surface area contributed by atoms with Crippen molar-refractivity contribution in [3.05, 3.63) is 34.8 Å². The Morgan fingerprint density at radius 3 is 2.60 bits per heavy atom. The Kier molecular flexibility index (Phi) is 5.37. The van der Waals surface area contributed by atoms with Gasteiger partial charge in [-0.15, -0.1) is 11.3 Å². The number of hydrogen-bond donors (Lipinski definition) is 0. The van der Waals surface area contributed by atoms with Crippen LogP contribution in [0.4, 0.5) is 13.2 Å². The minimum atomic E-state index is -5.77. The fourth-order valence-corrected chi connectivity index (χ4v) is 3.08. The molecule has 0 saturated heterocycles. The number of carbonyl (C=O) groups is 1. The Morgan fingerprint density at radius 1 is 1.32 bits per heavy atom. The van der Waals surface area contributed by atoms with Crippen LogP contribution in [0.2, 0.25) is 0 Å². The van der Waals surface area contributed by atoms with E-state index in [0.717, 1.165) is 23.5 Å². The number of thiazole rings is 1. The molecule has 1 aromatic carbocycles. The normalized spacial score (nSPS) is 12.0. The van der Waals surface area contributed by atoms with Gasteiger partial charge in [0.15, 0.2) is 5.69 Å². The number of aromatic nitrogens is 1. The second-order valence-corrected chi connectivity index (χ2v) is 7.11. The number of hydrogen-bond acceptors (Lipinski definition) is 7. The average Bonchev–Trinajstić information content (AvgIpc) is 2.98. The number of carbonyl (C=O) groups excluding carboxylic acids is 1. The molecule has 11 heteroatoms. The highest BCUT2D eigenvalue weighted by Gasteiger charge is 2.48. The Balaban J connectivity index is 2.36. The van der Waals surface area contributed by atoms with Crippen molar-refractivity contribution >= 4 is 27.4 Å². The van der Waals surface area contributed by atoms with Crippen LogP contribution in [0.25, 0.3) is 10.6 Å². The number of ether oxygens (including phenoxy) is 1. The molecule has 0 fully saturated rings. The van der Waals surface area contributed by atoms with Gasteiger partial charge < -0.3 is 8.92 Å². The second kappa shape index (κ2) is 7.00. The van der Waals surface area contributed by atoms with E-state index in [1.54, 1.807) is 13.8 Å². The van der Waals surface area contributed by atoms with Crippen LogP contribution in [0.15, 0.2) is 23.6 Å². The topological polar surface area (TPSA) is 82.6 Å². The molecule has 0 bridgehead atoms. The van der Waals surface area contributed by atoms with Crippen LogP contribution in [-0.2, 0) is 14.9 Å². The van der Waals surface area contributed by atoms with Gasteiger partial charge in [0.2, 0.25) is 0 Å². The van der Waals surface area contributed by atoms with Crippen LogP contribution in [0, 0.1) is 6.92 Å². The van der Waals surface area contributed by atoms with Crippen molar-refractivity contribution in [1.29, 1.82) is 0 Å². The Bertz CT molecular complexity index is 890. The molecule has 0 amide bonds. The summed E-state index contributed by atoms with van der Waals surface area (Å²) in [4.78, 5) is 15.7. The maximum atomic E-state index is 12.4. The smallest absolute Gasteiger partial charge is 0.461 e. The van der Waals surface area contributed by atoms with Crippen LogP contribution in [-0.4, -0.2) is 31.5 Å². The van der Waals surface area contributed by atoms with E-state index < -0.39 is 27.3 Å². The van der Waals surface area contributed by atoms with E-state index in [1.807, 2.05) is 0 Å². The zero-order valence-electron chi connectivity index (χ0n) is 13.0. The molecule has 0 radical (unpaired) electrons. The van der Waals surface area contributed by atoms with E-state index in [2.05, 4.69) is 9.17 Å².